The van der Waals surface area contributed by atoms with E-state index in [1.165, 1.54) is 23.6 Å². The Hall–Kier alpha value is -2.44. The van der Waals surface area contributed by atoms with Crippen molar-refractivity contribution in [2.45, 2.75) is 6.92 Å². The fraction of sp³-hybridized carbons (Fsp3) is 0.105. The number of hydrogen-bond acceptors (Lipinski definition) is 5. The summed E-state index contributed by atoms with van der Waals surface area (Å²) in [5.74, 6) is 0.535. The second kappa shape index (κ2) is 7.21. The van der Waals surface area contributed by atoms with Crippen molar-refractivity contribution in [2.75, 3.05) is 12.0 Å². The molecular weight excluding hydrogens is 354 g/mol. The Kier molecular flexibility index (Phi) is 5.01. The molecule has 6 heteroatoms. The third-order valence-corrected chi connectivity index (χ3v) is 5.02. The van der Waals surface area contributed by atoms with E-state index in [2.05, 4.69) is 0 Å². The van der Waals surface area contributed by atoms with Crippen LogP contribution in [0.25, 0.3) is 6.08 Å². The number of nitrogens with zero attached hydrogens (tertiary/aromatic N) is 1. The number of anilines is 1. The minimum absolute atomic E-state index is 0.0186. The second-order valence-electron chi connectivity index (χ2n) is 5.40. The zero-order valence-corrected chi connectivity index (χ0v) is 15.3. The third-order valence-electron chi connectivity index (χ3n) is 3.72. The molecule has 2 aromatic carbocycles. The van der Waals surface area contributed by atoms with Gasteiger partial charge in [-0.05, 0) is 55.0 Å². The SMILES string of the molecule is COc1cccc(/C=C2\SC(=S)N(c3ccc(C(C)=O)cc3)C2=O)c1. The molecule has 4 nitrogen and oxygen atoms in total. The first-order valence-electron chi connectivity index (χ1n) is 7.52. The van der Waals surface area contributed by atoms with Crippen LogP contribution in [0, 0.1) is 0 Å². The average molecular weight is 369 g/mol. The van der Waals surface area contributed by atoms with Crippen molar-refractivity contribution in [3.63, 3.8) is 0 Å². The molecular formula is C19H15NO3S2. The molecule has 0 spiro atoms. The Bertz CT molecular complexity index is 888. The third kappa shape index (κ3) is 3.65. The van der Waals surface area contributed by atoms with Crippen molar-refractivity contribution in [1.82, 2.24) is 0 Å². The molecule has 0 aromatic heterocycles. The molecule has 0 radical (unpaired) electrons. The summed E-state index contributed by atoms with van der Waals surface area (Å²) in [6.07, 6.45) is 1.80. The maximum Gasteiger partial charge on any atom is 0.270 e. The van der Waals surface area contributed by atoms with Crippen LogP contribution in [-0.2, 0) is 4.79 Å². The highest BCUT2D eigenvalue weighted by Gasteiger charge is 2.33. The first-order valence-corrected chi connectivity index (χ1v) is 8.75. The van der Waals surface area contributed by atoms with Crippen LogP contribution in [0.2, 0.25) is 0 Å². The Balaban J connectivity index is 1.89. The summed E-state index contributed by atoms with van der Waals surface area (Å²) in [5, 5.41) is 0. The van der Waals surface area contributed by atoms with Crippen LogP contribution < -0.4 is 9.64 Å². The molecule has 1 aliphatic heterocycles. The second-order valence-corrected chi connectivity index (χ2v) is 7.07. The number of amides is 1. The number of hydrogen-bond donors (Lipinski definition) is 0. The van der Waals surface area contributed by atoms with Gasteiger partial charge in [0, 0.05) is 5.56 Å². The lowest BCUT2D eigenvalue weighted by Crippen LogP contribution is -2.27. The molecule has 0 bridgehead atoms. The van der Waals surface area contributed by atoms with Crippen molar-refractivity contribution in [2.24, 2.45) is 0 Å². The van der Waals surface area contributed by atoms with Gasteiger partial charge in [0.05, 0.1) is 17.7 Å². The summed E-state index contributed by atoms with van der Waals surface area (Å²) in [6, 6.07) is 14.3. The number of benzene rings is 2. The van der Waals surface area contributed by atoms with Gasteiger partial charge in [-0.25, -0.2) is 0 Å². The number of carbonyl (C=O) groups excluding carboxylic acids is 2. The van der Waals surface area contributed by atoms with E-state index in [-0.39, 0.29) is 11.7 Å². The van der Waals surface area contributed by atoms with Crippen LogP contribution in [-0.4, -0.2) is 23.1 Å². The summed E-state index contributed by atoms with van der Waals surface area (Å²) < 4.78 is 5.67. The lowest BCUT2D eigenvalue weighted by Gasteiger charge is -2.14. The molecule has 126 valence electrons. The predicted octanol–water partition coefficient (Wildman–Crippen LogP) is 4.30. The monoisotopic (exact) mass is 369 g/mol. The van der Waals surface area contributed by atoms with Crippen LogP contribution in [0.3, 0.4) is 0 Å². The molecule has 25 heavy (non-hydrogen) atoms. The molecule has 3 rings (SSSR count). The van der Waals surface area contributed by atoms with Crippen LogP contribution in [0.5, 0.6) is 5.75 Å². The fourth-order valence-electron chi connectivity index (χ4n) is 2.42. The summed E-state index contributed by atoms with van der Waals surface area (Å²) >= 11 is 6.62. The first-order chi connectivity index (χ1) is 12.0. The van der Waals surface area contributed by atoms with Crippen molar-refractivity contribution >= 4 is 51.8 Å². The minimum Gasteiger partial charge on any atom is -0.497 e. The normalized spacial score (nSPS) is 15.8. The topological polar surface area (TPSA) is 46.6 Å². The van der Waals surface area contributed by atoms with Crippen LogP contribution >= 0.6 is 24.0 Å². The van der Waals surface area contributed by atoms with Gasteiger partial charge in [0.15, 0.2) is 10.1 Å². The number of ether oxygens (including phenoxy) is 1. The number of Topliss-reactive ketones (excluding diaryl/α,β-unsaturated/α-hetero) is 1. The Morgan fingerprint density at radius 3 is 2.56 bits per heavy atom. The molecule has 0 N–H and O–H groups in total. The van der Waals surface area contributed by atoms with E-state index in [4.69, 9.17) is 17.0 Å². The average Bonchev–Trinajstić information content (AvgIpc) is 2.88. The van der Waals surface area contributed by atoms with Crippen LogP contribution in [0.1, 0.15) is 22.8 Å². The maximum atomic E-state index is 12.7. The number of thiocarbonyl (C=S) groups is 1. The lowest BCUT2D eigenvalue weighted by atomic mass is 10.1. The molecule has 0 atom stereocenters. The van der Waals surface area contributed by atoms with Crippen molar-refractivity contribution in [1.29, 1.82) is 0 Å². The summed E-state index contributed by atoms with van der Waals surface area (Å²) in [4.78, 5) is 26.2. The minimum atomic E-state index is -0.173. The van der Waals surface area contributed by atoms with Gasteiger partial charge in [-0.3, -0.25) is 14.5 Å². The van der Waals surface area contributed by atoms with Gasteiger partial charge >= 0.3 is 0 Å². The Labute approximate surface area is 155 Å². The van der Waals surface area contributed by atoms with Gasteiger partial charge < -0.3 is 4.74 Å². The quantitative estimate of drug-likeness (QED) is 0.457. The summed E-state index contributed by atoms with van der Waals surface area (Å²) in [5.41, 5.74) is 2.12. The van der Waals surface area contributed by atoms with Gasteiger partial charge in [-0.2, -0.15) is 0 Å². The summed E-state index contributed by atoms with van der Waals surface area (Å²) in [7, 11) is 1.60. The number of thioether (sulfide) groups is 1. The predicted molar refractivity (Wildman–Crippen MR) is 105 cm³/mol. The standard InChI is InChI=1S/C19H15NO3S2/c1-12(21)14-6-8-15(9-7-14)20-18(22)17(25-19(20)24)11-13-4-3-5-16(10-13)23-2/h3-11H,1-2H3/b17-11-. The molecule has 0 unspecified atom stereocenters. The van der Waals surface area contributed by atoms with E-state index in [1.54, 1.807) is 37.5 Å². The highest BCUT2D eigenvalue weighted by molar-refractivity contribution is 8.27. The van der Waals surface area contributed by atoms with Gasteiger partial charge in [0.2, 0.25) is 0 Å². The van der Waals surface area contributed by atoms with E-state index in [1.807, 2.05) is 24.3 Å². The Morgan fingerprint density at radius 1 is 1.20 bits per heavy atom. The number of methoxy groups -OCH3 is 1. The van der Waals surface area contributed by atoms with Crippen molar-refractivity contribution < 1.29 is 14.3 Å². The molecule has 1 fully saturated rings. The fourth-order valence-corrected chi connectivity index (χ4v) is 3.72. The number of ketones is 1. The van der Waals surface area contributed by atoms with Crippen molar-refractivity contribution in [3.05, 3.63) is 64.6 Å². The zero-order chi connectivity index (χ0) is 18.0. The largest absolute Gasteiger partial charge is 0.497 e. The van der Waals surface area contributed by atoms with Crippen LogP contribution in [0.15, 0.2) is 53.4 Å². The van der Waals surface area contributed by atoms with E-state index in [0.717, 1.165) is 11.3 Å². The van der Waals surface area contributed by atoms with Gasteiger partial charge in [-0.15, -0.1) is 0 Å². The maximum absolute atomic E-state index is 12.7. The molecule has 1 aliphatic rings. The molecule has 1 heterocycles. The molecule has 0 saturated carbocycles. The van der Waals surface area contributed by atoms with Gasteiger partial charge in [0.1, 0.15) is 5.75 Å². The van der Waals surface area contributed by atoms with Crippen molar-refractivity contribution in [3.8, 4) is 5.75 Å². The molecule has 2 aromatic rings. The highest BCUT2D eigenvalue weighted by Crippen LogP contribution is 2.36. The Morgan fingerprint density at radius 2 is 1.92 bits per heavy atom. The van der Waals surface area contributed by atoms with E-state index >= 15 is 0 Å². The van der Waals surface area contributed by atoms with E-state index < -0.39 is 0 Å². The first kappa shape index (κ1) is 17.4. The lowest BCUT2D eigenvalue weighted by molar-refractivity contribution is -0.113. The highest BCUT2D eigenvalue weighted by atomic mass is 32.2. The smallest absolute Gasteiger partial charge is 0.270 e. The molecule has 1 saturated heterocycles. The summed E-state index contributed by atoms with van der Waals surface area (Å²) in [6.45, 7) is 1.51. The van der Waals surface area contributed by atoms with E-state index in [0.29, 0.717) is 20.5 Å². The number of rotatable bonds is 4. The molecule has 0 aliphatic carbocycles. The number of carbonyl (C=O) groups is 2. The van der Waals surface area contributed by atoms with Crippen LogP contribution in [0.4, 0.5) is 5.69 Å². The molecule has 1 amide bonds. The zero-order valence-electron chi connectivity index (χ0n) is 13.7. The van der Waals surface area contributed by atoms with Gasteiger partial charge in [0.25, 0.3) is 5.91 Å². The van der Waals surface area contributed by atoms with E-state index in [9.17, 15) is 9.59 Å². The van der Waals surface area contributed by atoms with Gasteiger partial charge in [-0.1, -0.05) is 36.1 Å².